The van der Waals surface area contributed by atoms with Crippen LogP contribution < -0.4 is 9.47 Å². The number of hydrogen-bond donors (Lipinski definition) is 0. The van der Waals surface area contributed by atoms with E-state index >= 15 is 0 Å². The molecular formula is C15H13NO4S. The van der Waals surface area contributed by atoms with E-state index in [0.29, 0.717) is 21.3 Å². The maximum absolute atomic E-state index is 11.9. The van der Waals surface area contributed by atoms with Crippen LogP contribution in [0.4, 0.5) is 0 Å². The molecule has 5 nitrogen and oxygen atoms in total. The molecule has 0 saturated heterocycles. The molecule has 6 heteroatoms. The molecule has 0 amide bonds. The molecule has 0 aliphatic heterocycles. The SMILES string of the molecule is COc1cc(COC(=O)c2ccc(C#N)s2)cc(OC)c1. The molecule has 0 bridgehead atoms. The summed E-state index contributed by atoms with van der Waals surface area (Å²) in [7, 11) is 3.11. The lowest BCUT2D eigenvalue weighted by molar-refractivity contribution is 0.0478. The standard InChI is InChI=1S/C15H13NO4S/c1-18-11-5-10(6-12(7-11)19-2)9-20-15(17)14-4-3-13(8-16)21-14/h3-7H,9H2,1-2H3. The summed E-state index contributed by atoms with van der Waals surface area (Å²) in [4.78, 5) is 12.8. The van der Waals surface area contributed by atoms with E-state index in [2.05, 4.69) is 0 Å². The van der Waals surface area contributed by atoms with Gasteiger partial charge in [-0.05, 0) is 29.8 Å². The van der Waals surface area contributed by atoms with E-state index in [1.165, 1.54) is 0 Å². The van der Waals surface area contributed by atoms with Gasteiger partial charge in [0.1, 0.15) is 33.9 Å². The average Bonchev–Trinajstić information content (AvgIpc) is 3.01. The lowest BCUT2D eigenvalue weighted by atomic mass is 10.2. The van der Waals surface area contributed by atoms with Gasteiger partial charge in [0.15, 0.2) is 0 Å². The van der Waals surface area contributed by atoms with Gasteiger partial charge in [-0.1, -0.05) is 0 Å². The van der Waals surface area contributed by atoms with Gasteiger partial charge in [0.05, 0.1) is 14.2 Å². The normalized spacial score (nSPS) is 9.76. The Kier molecular flexibility index (Phi) is 4.80. The molecular weight excluding hydrogens is 290 g/mol. The minimum Gasteiger partial charge on any atom is -0.497 e. The second-order valence-electron chi connectivity index (χ2n) is 4.07. The van der Waals surface area contributed by atoms with Crippen molar-refractivity contribution in [3.05, 3.63) is 45.6 Å². The highest BCUT2D eigenvalue weighted by molar-refractivity contribution is 7.14. The molecule has 0 aliphatic carbocycles. The van der Waals surface area contributed by atoms with Crippen molar-refractivity contribution in [2.75, 3.05) is 14.2 Å². The Morgan fingerprint density at radius 1 is 1.19 bits per heavy atom. The van der Waals surface area contributed by atoms with Crippen LogP contribution >= 0.6 is 11.3 Å². The van der Waals surface area contributed by atoms with Gasteiger partial charge in [-0.15, -0.1) is 11.3 Å². The van der Waals surface area contributed by atoms with Gasteiger partial charge >= 0.3 is 5.97 Å². The van der Waals surface area contributed by atoms with E-state index in [1.54, 1.807) is 44.6 Å². The first-order chi connectivity index (χ1) is 10.2. The molecule has 108 valence electrons. The van der Waals surface area contributed by atoms with Gasteiger partial charge < -0.3 is 14.2 Å². The summed E-state index contributed by atoms with van der Waals surface area (Å²) >= 11 is 1.11. The summed E-state index contributed by atoms with van der Waals surface area (Å²) in [6, 6.07) is 10.4. The molecule has 0 fully saturated rings. The number of carbonyl (C=O) groups excluding carboxylic acids is 1. The van der Waals surface area contributed by atoms with Gasteiger partial charge in [0.2, 0.25) is 0 Å². The molecule has 0 aliphatic rings. The molecule has 1 aromatic carbocycles. The van der Waals surface area contributed by atoms with E-state index in [-0.39, 0.29) is 6.61 Å². The number of hydrogen-bond acceptors (Lipinski definition) is 6. The van der Waals surface area contributed by atoms with Gasteiger partial charge in [-0.2, -0.15) is 5.26 Å². The number of esters is 1. The zero-order valence-corrected chi connectivity index (χ0v) is 12.4. The number of nitrogens with zero attached hydrogens (tertiary/aromatic N) is 1. The fourth-order valence-electron chi connectivity index (χ4n) is 1.68. The zero-order valence-electron chi connectivity index (χ0n) is 11.6. The predicted molar refractivity (Wildman–Crippen MR) is 77.7 cm³/mol. The fraction of sp³-hybridized carbons (Fsp3) is 0.200. The minimum absolute atomic E-state index is 0.103. The number of methoxy groups -OCH3 is 2. The Morgan fingerprint density at radius 3 is 2.38 bits per heavy atom. The van der Waals surface area contributed by atoms with Crippen LogP contribution in [-0.2, 0) is 11.3 Å². The maximum Gasteiger partial charge on any atom is 0.348 e. The minimum atomic E-state index is -0.455. The van der Waals surface area contributed by atoms with Crippen LogP contribution in [0.3, 0.4) is 0 Å². The Morgan fingerprint density at radius 2 is 1.86 bits per heavy atom. The molecule has 0 atom stereocenters. The fourth-order valence-corrected chi connectivity index (χ4v) is 2.37. The molecule has 1 heterocycles. The summed E-state index contributed by atoms with van der Waals surface area (Å²) in [5, 5.41) is 8.74. The third-order valence-corrected chi connectivity index (χ3v) is 3.67. The summed E-state index contributed by atoms with van der Waals surface area (Å²) in [6.07, 6.45) is 0. The zero-order chi connectivity index (χ0) is 15.2. The van der Waals surface area contributed by atoms with Crippen molar-refractivity contribution in [1.29, 1.82) is 5.26 Å². The van der Waals surface area contributed by atoms with E-state index < -0.39 is 5.97 Å². The molecule has 1 aromatic heterocycles. The lowest BCUT2D eigenvalue weighted by Crippen LogP contribution is -2.03. The highest BCUT2D eigenvalue weighted by Gasteiger charge is 2.11. The number of ether oxygens (including phenoxy) is 3. The van der Waals surface area contributed by atoms with Crippen LogP contribution in [0.25, 0.3) is 0 Å². The third kappa shape index (κ3) is 3.74. The summed E-state index contributed by atoms with van der Waals surface area (Å²) in [6.45, 7) is 0.103. The van der Waals surface area contributed by atoms with Crippen molar-refractivity contribution in [2.45, 2.75) is 6.61 Å². The second kappa shape index (κ2) is 6.77. The van der Waals surface area contributed by atoms with Crippen molar-refractivity contribution in [3.63, 3.8) is 0 Å². The van der Waals surface area contributed by atoms with Crippen LogP contribution in [-0.4, -0.2) is 20.2 Å². The van der Waals surface area contributed by atoms with E-state index in [0.717, 1.165) is 16.9 Å². The van der Waals surface area contributed by atoms with Crippen molar-refractivity contribution in [2.24, 2.45) is 0 Å². The highest BCUT2D eigenvalue weighted by Crippen LogP contribution is 2.23. The van der Waals surface area contributed by atoms with Crippen molar-refractivity contribution in [3.8, 4) is 17.6 Å². The number of thiophene rings is 1. The molecule has 0 N–H and O–H groups in total. The second-order valence-corrected chi connectivity index (χ2v) is 5.16. The molecule has 2 rings (SSSR count). The molecule has 0 saturated carbocycles. The van der Waals surface area contributed by atoms with Gasteiger partial charge in [0, 0.05) is 6.07 Å². The molecule has 2 aromatic rings. The van der Waals surface area contributed by atoms with Crippen molar-refractivity contribution in [1.82, 2.24) is 0 Å². The van der Waals surface area contributed by atoms with Gasteiger partial charge in [-0.3, -0.25) is 0 Å². The highest BCUT2D eigenvalue weighted by atomic mass is 32.1. The van der Waals surface area contributed by atoms with Crippen LogP contribution in [0.5, 0.6) is 11.5 Å². The Balaban J connectivity index is 2.05. The van der Waals surface area contributed by atoms with E-state index in [4.69, 9.17) is 19.5 Å². The van der Waals surface area contributed by atoms with Gasteiger partial charge in [0.25, 0.3) is 0 Å². The Hall–Kier alpha value is -2.52. The quantitative estimate of drug-likeness (QED) is 0.794. The maximum atomic E-state index is 11.9. The summed E-state index contributed by atoms with van der Waals surface area (Å²) in [5.41, 5.74) is 0.761. The van der Waals surface area contributed by atoms with Crippen molar-refractivity contribution < 1.29 is 19.0 Å². The van der Waals surface area contributed by atoms with Gasteiger partial charge in [-0.25, -0.2) is 4.79 Å². The Labute approximate surface area is 126 Å². The topological polar surface area (TPSA) is 68.5 Å². The van der Waals surface area contributed by atoms with Crippen LogP contribution in [0.15, 0.2) is 30.3 Å². The molecule has 21 heavy (non-hydrogen) atoms. The smallest absolute Gasteiger partial charge is 0.348 e. The number of nitriles is 1. The van der Waals surface area contributed by atoms with Crippen LogP contribution in [0.1, 0.15) is 20.1 Å². The first-order valence-electron chi connectivity index (χ1n) is 6.05. The Bertz CT molecular complexity index is 665. The largest absolute Gasteiger partial charge is 0.497 e. The molecule has 0 spiro atoms. The monoisotopic (exact) mass is 303 g/mol. The lowest BCUT2D eigenvalue weighted by Gasteiger charge is -2.08. The summed E-state index contributed by atoms with van der Waals surface area (Å²) in [5.74, 6) is 0.801. The first kappa shape index (κ1) is 14.9. The molecule has 0 unspecified atom stereocenters. The first-order valence-corrected chi connectivity index (χ1v) is 6.87. The number of carbonyl (C=O) groups is 1. The predicted octanol–water partition coefficient (Wildman–Crippen LogP) is 2.99. The van der Waals surface area contributed by atoms with E-state index in [9.17, 15) is 4.79 Å². The average molecular weight is 303 g/mol. The number of benzene rings is 1. The third-order valence-electron chi connectivity index (χ3n) is 2.70. The van der Waals surface area contributed by atoms with E-state index in [1.807, 2.05) is 6.07 Å². The molecule has 0 radical (unpaired) electrons. The van der Waals surface area contributed by atoms with Crippen LogP contribution in [0.2, 0.25) is 0 Å². The summed E-state index contributed by atoms with van der Waals surface area (Å²) < 4.78 is 15.5. The van der Waals surface area contributed by atoms with Crippen molar-refractivity contribution >= 4 is 17.3 Å². The van der Waals surface area contributed by atoms with Crippen LogP contribution in [0, 0.1) is 11.3 Å². The number of rotatable bonds is 5.